The van der Waals surface area contributed by atoms with Crippen molar-refractivity contribution in [3.05, 3.63) is 65.2 Å². The van der Waals surface area contributed by atoms with Gasteiger partial charge in [0.2, 0.25) is 0 Å². The molecule has 2 aromatic rings. The number of β-amino-alcohol motifs (C(OH)–C–C–N with tert-alkyl or cyclic N) is 1. The minimum Gasteiger partial charge on any atom is -0.491 e. The second-order valence-electron chi connectivity index (χ2n) is 8.91. The summed E-state index contributed by atoms with van der Waals surface area (Å²) in [4.78, 5) is 4.87. The smallest absolute Gasteiger partial charge is 0.123 e. The molecule has 1 saturated heterocycles. The van der Waals surface area contributed by atoms with Crippen LogP contribution >= 0.6 is 0 Å². The fraction of sp³-hybridized carbons (Fsp3) is 0.538. The van der Waals surface area contributed by atoms with E-state index in [2.05, 4.69) is 51.5 Å². The predicted octanol–water partition coefficient (Wildman–Crippen LogP) is 3.06. The first-order valence-electron chi connectivity index (χ1n) is 11.9. The maximum Gasteiger partial charge on any atom is 0.123 e. The number of ether oxygens (including phenoxy) is 1. The van der Waals surface area contributed by atoms with Gasteiger partial charge in [-0.05, 0) is 49.5 Å². The van der Waals surface area contributed by atoms with Gasteiger partial charge in [0.1, 0.15) is 18.5 Å². The molecule has 0 radical (unpaired) electrons. The maximum atomic E-state index is 10.6. The largest absolute Gasteiger partial charge is 0.491 e. The molecule has 2 aromatic carbocycles. The van der Waals surface area contributed by atoms with Crippen LogP contribution < -0.4 is 10.1 Å². The Hall–Kier alpha value is -1.92. The van der Waals surface area contributed by atoms with E-state index in [1.54, 1.807) is 0 Å². The van der Waals surface area contributed by atoms with Gasteiger partial charge in [0.15, 0.2) is 0 Å². The lowest BCUT2D eigenvalue weighted by atomic mass is 10.00. The molecule has 0 bridgehead atoms. The second kappa shape index (κ2) is 11.6. The van der Waals surface area contributed by atoms with E-state index < -0.39 is 6.10 Å². The van der Waals surface area contributed by atoms with Crippen molar-refractivity contribution < 1.29 is 9.84 Å². The minimum absolute atomic E-state index is 0.322. The number of hydrogen-bond donors (Lipinski definition) is 2. The van der Waals surface area contributed by atoms with Crippen LogP contribution in [0.2, 0.25) is 0 Å². The van der Waals surface area contributed by atoms with Gasteiger partial charge in [-0.3, -0.25) is 4.90 Å². The van der Waals surface area contributed by atoms with Gasteiger partial charge in [-0.2, -0.15) is 0 Å². The first-order valence-corrected chi connectivity index (χ1v) is 11.9. The van der Waals surface area contributed by atoms with Crippen molar-refractivity contribution in [2.24, 2.45) is 0 Å². The minimum atomic E-state index is -0.495. The van der Waals surface area contributed by atoms with Gasteiger partial charge >= 0.3 is 0 Å². The zero-order valence-corrected chi connectivity index (χ0v) is 18.6. The summed E-state index contributed by atoms with van der Waals surface area (Å²) in [5.74, 6) is 0.871. The summed E-state index contributed by atoms with van der Waals surface area (Å²) in [6, 6.07) is 16.8. The van der Waals surface area contributed by atoms with E-state index in [4.69, 9.17) is 4.74 Å². The molecule has 0 aliphatic carbocycles. The van der Waals surface area contributed by atoms with E-state index in [1.807, 2.05) is 12.1 Å². The maximum absolute atomic E-state index is 10.6. The lowest BCUT2D eigenvalue weighted by Crippen LogP contribution is -2.38. The lowest BCUT2D eigenvalue weighted by molar-refractivity contribution is 0.0634. The number of rotatable bonds is 10. The molecule has 0 saturated carbocycles. The average molecular weight is 424 g/mol. The lowest BCUT2D eigenvalue weighted by Gasteiger charge is -2.30. The van der Waals surface area contributed by atoms with Crippen molar-refractivity contribution >= 4 is 0 Å². The van der Waals surface area contributed by atoms with Crippen molar-refractivity contribution in [3.63, 3.8) is 0 Å². The number of likely N-dealkylation sites (tertiary alicyclic amines) is 1. The van der Waals surface area contributed by atoms with Crippen LogP contribution in [-0.4, -0.2) is 66.9 Å². The van der Waals surface area contributed by atoms with Crippen LogP contribution in [0.1, 0.15) is 36.0 Å². The zero-order valence-electron chi connectivity index (χ0n) is 18.6. The van der Waals surface area contributed by atoms with Gasteiger partial charge in [0.05, 0.1) is 0 Å². The van der Waals surface area contributed by atoms with Gasteiger partial charge in [-0.25, -0.2) is 0 Å². The third-order valence-electron chi connectivity index (χ3n) is 6.45. The molecule has 0 spiro atoms. The highest BCUT2D eigenvalue weighted by molar-refractivity contribution is 5.33. The van der Waals surface area contributed by atoms with E-state index in [-0.39, 0.29) is 0 Å². The van der Waals surface area contributed by atoms with Gasteiger partial charge in [-0.15, -0.1) is 0 Å². The molecule has 168 valence electrons. The van der Waals surface area contributed by atoms with E-state index in [1.165, 1.54) is 43.5 Å². The number of hydrogen-bond acceptors (Lipinski definition) is 5. The highest BCUT2D eigenvalue weighted by Crippen LogP contribution is 2.20. The van der Waals surface area contributed by atoms with Crippen molar-refractivity contribution in [1.82, 2.24) is 15.1 Å². The van der Waals surface area contributed by atoms with Crippen LogP contribution in [0.3, 0.4) is 0 Å². The standard InChI is InChI=1S/C26H37N3O2/c30-25(20-29-16-12-22-8-2-3-10-24(22)19-29)21-31-26-11-5-4-9-23(26)18-27-13-17-28-14-6-1-7-15-28/h2-5,8-11,25,27,30H,1,6-7,12-21H2. The second-order valence-corrected chi connectivity index (χ2v) is 8.91. The molecule has 0 aromatic heterocycles. The summed E-state index contributed by atoms with van der Waals surface area (Å²) in [5, 5.41) is 14.1. The Bertz CT molecular complexity index is 807. The molecule has 1 atom stereocenters. The van der Waals surface area contributed by atoms with Crippen molar-refractivity contribution in [2.45, 2.75) is 44.9 Å². The molecule has 2 N–H and O–H groups in total. The molecule has 2 aliphatic heterocycles. The van der Waals surface area contributed by atoms with Crippen molar-refractivity contribution in [1.29, 1.82) is 0 Å². The Morgan fingerprint density at radius 1 is 0.903 bits per heavy atom. The first-order chi connectivity index (χ1) is 15.3. The molecule has 1 fully saturated rings. The molecular weight excluding hydrogens is 386 g/mol. The zero-order chi connectivity index (χ0) is 21.3. The Labute approximate surface area is 187 Å². The third kappa shape index (κ3) is 6.78. The van der Waals surface area contributed by atoms with Gasteiger partial charge in [-0.1, -0.05) is 48.9 Å². The van der Waals surface area contributed by atoms with Crippen molar-refractivity contribution in [2.75, 3.05) is 45.9 Å². The van der Waals surface area contributed by atoms with Gasteiger partial charge in [0.25, 0.3) is 0 Å². The number of nitrogens with zero attached hydrogens (tertiary/aromatic N) is 2. The Morgan fingerprint density at radius 2 is 1.68 bits per heavy atom. The number of aliphatic hydroxyl groups excluding tert-OH is 1. The van der Waals surface area contributed by atoms with E-state index >= 15 is 0 Å². The van der Waals surface area contributed by atoms with Gasteiger partial charge in [0, 0.05) is 44.8 Å². The molecule has 4 rings (SSSR count). The number of piperidine rings is 1. The summed E-state index contributed by atoms with van der Waals surface area (Å²) in [6.07, 6.45) is 4.61. The van der Waals surface area contributed by atoms with Crippen LogP contribution in [0.15, 0.2) is 48.5 Å². The third-order valence-corrected chi connectivity index (χ3v) is 6.45. The fourth-order valence-electron chi connectivity index (χ4n) is 4.68. The molecule has 2 heterocycles. The van der Waals surface area contributed by atoms with Crippen LogP contribution in [0, 0.1) is 0 Å². The molecular formula is C26H37N3O2. The highest BCUT2D eigenvalue weighted by atomic mass is 16.5. The summed E-state index contributed by atoms with van der Waals surface area (Å²) < 4.78 is 6.03. The SMILES string of the molecule is OC(COc1ccccc1CNCCN1CCCCC1)CN1CCc2ccccc2C1. The number of benzene rings is 2. The molecule has 5 heteroatoms. The van der Waals surface area contributed by atoms with E-state index in [0.29, 0.717) is 13.2 Å². The topological polar surface area (TPSA) is 48.0 Å². The highest BCUT2D eigenvalue weighted by Gasteiger charge is 2.19. The number of nitrogens with one attached hydrogen (secondary N) is 1. The Balaban J connectivity index is 1.19. The van der Waals surface area contributed by atoms with Crippen LogP contribution in [-0.2, 0) is 19.5 Å². The summed E-state index contributed by atoms with van der Waals surface area (Å²) in [5.41, 5.74) is 3.97. The quantitative estimate of drug-likeness (QED) is 0.575. The summed E-state index contributed by atoms with van der Waals surface area (Å²) in [6.45, 7) is 8.24. The molecule has 1 unspecified atom stereocenters. The van der Waals surface area contributed by atoms with Crippen LogP contribution in [0.5, 0.6) is 5.75 Å². The van der Waals surface area contributed by atoms with Crippen molar-refractivity contribution in [3.8, 4) is 5.75 Å². The first kappa shape index (κ1) is 22.3. The van der Waals surface area contributed by atoms with Crippen LogP contribution in [0.25, 0.3) is 0 Å². The average Bonchev–Trinajstić information content (AvgIpc) is 2.82. The monoisotopic (exact) mass is 423 g/mol. The Morgan fingerprint density at radius 3 is 2.55 bits per heavy atom. The fourth-order valence-corrected chi connectivity index (χ4v) is 4.68. The van der Waals surface area contributed by atoms with Gasteiger partial charge < -0.3 is 20.1 Å². The number of fused-ring (bicyclic) bond motifs is 1. The molecule has 0 amide bonds. The van der Waals surface area contributed by atoms with E-state index in [9.17, 15) is 5.11 Å². The Kier molecular flexibility index (Phi) is 8.36. The molecule has 31 heavy (non-hydrogen) atoms. The van der Waals surface area contributed by atoms with Crippen LogP contribution in [0.4, 0.5) is 0 Å². The summed E-state index contributed by atoms with van der Waals surface area (Å²) in [7, 11) is 0. The number of para-hydroxylation sites is 1. The van der Waals surface area contributed by atoms with E-state index in [0.717, 1.165) is 50.5 Å². The molecule has 2 aliphatic rings. The predicted molar refractivity (Wildman–Crippen MR) is 125 cm³/mol. The molecule has 5 nitrogen and oxygen atoms in total. The number of aliphatic hydroxyl groups is 1. The summed E-state index contributed by atoms with van der Waals surface area (Å²) >= 11 is 0. The normalized spacial score (nSPS) is 18.5.